The lowest BCUT2D eigenvalue weighted by Crippen LogP contribution is -2.53. The van der Waals surface area contributed by atoms with Crippen LogP contribution in [-0.2, 0) is 33.3 Å². The molecule has 3 atom stereocenters. The van der Waals surface area contributed by atoms with E-state index in [2.05, 4.69) is 20.4 Å². The van der Waals surface area contributed by atoms with Crippen LogP contribution < -0.4 is 20.4 Å². The predicted octanol–water partition coefficient (Wildman–Crippen LogP) is 6.00. The molecule has 0 radical (unpaired) electrons. The molecule has 3 aliphatic rings. The van der Waals surface area contributed by atoms with Crippen molar-refractivity contribution in [2.24, 2.45) is 0 Å². The standard InChI is InChI=1S/C30H33N5O5.C23H21N3O6S/c1-20(29(37)39-2)34-15-13-33(14-16-34)18-26-19-35(30(38)40-26)25-11-9-22(10-12-25)27(31)32-28(36)24-8-7-21-5-3-4-6-23(21)17-24;1-33(29,30)31-14-20-13-26(23(28)32-20)19-10-8-16(9-11-19)21(24)25-22(27)18-7-6-15-4-2-3-5-17(15)12-18/h3-12,17,20,26H,13-16,18-19H2,1-2H3,(H2,31,32,36);2-12,20H,13-14H2,1H3,(H2,24,25,27). The third-order valence-corrected chi connectivity index (χ3v) is 13.2. The van der Waals surface area contributed by atoms with E-state index in [-0.39, 0.29) is 48.8 Å². The fourth-order valence-corrected chi connectivity index (χ4v) is 8.98. The molecule has 3 heterocycles. The van der Waals surface area contributed by atoms with Gasteiger partial charge in [0.1, 0.15) is 36.5 Å². The maximum atomic E-state index is 12.7. The first-order chi connectivity index (χ1) is 35.0. The minimum absolute atomic E-state index is 0.0211. The van der Waals surface area contributed by atoms with Gasteiger partial charge >= 0.3 is 18.2 Å². The highest BCUT2D eigenvalue weighted by Crippen LogP contribution is 2.25. The number of esters is 1. The number of anilines is 2. The number of cyclic esters (lactones) is 2. The topological polar surface area (TPSA) is 241 Å². The minimum Gasteiger partial charge on any atom is -0.468 e. The van der Waals surface area contributed by atoms with E-state index in [0.717, 1.165) is 54.0 Å². The molecular weight excluding hydrogens is 957 g/mol. The number of nitrogens with one attached hydrogen (secondary N) is 4. The van der Waals surface area contributed by atoms with Crippen LogP contribution in [0.5, 0.6) is 0 Å². The zero-order chi connectivity index (χ0) is 51.8. The number of carbonyl (C=O) groups excluding carboxylic acids is 5. The second kappa shape index (κ2) is 22.6. The number of methoxy groups -OCH3 is 1. The van der Waals surface area contributed by atoms with Crippen LogP contribution in [0.2, 0.25) is 0 Å². The second-order valence-corrected chi connectivity index (χ2v) is 19.3. The number of carbonyl (C=O) groups is 5. The van der Waals surface area contributed by atoms with Crippen molar-refractivity contribution in [1.82, 2.24) is 20.4 Å². The van der Waals surface area contributed by atoms with Gasteiger partial charge in [0.05, 0.1) is 26.5 Å². The van der Waals surface area contributed by atoms with Crippen molar-refractivity contribution in [2.75, 3.05) is 75.6 Å². The Kier molecular flexibility index (Phi) is 15.9. The molecule has 73 heavy (non-hydrogen) atoms. The van der Waals surface area contributed by atoms with Gasteiger partial charge < -0.3 is 24.8 Å². The lowest BCUT2D eigenvalue weighted by molar-refractivity contribution is -0.147. The first kappa shape index (κ1) is 51.3. The van der Waals surface area contributed by atoms with Gasteiger partial charge in [-0.15, -0.1) is 0 Å². The monoisotopic (exact) mass is 1010 g/mol. The number of hydrogen-bond donors (Lipinski definition) is 4. The number of piperazine rings is 1. The third-order valence-electron chi connectivity index (χ3n) is 12.6. The molecule has 3 unspecified atom stereocenters. The molecule has 0 aromatic heterocycles. The van der Waals surface area contributed by atoms with Gasteiger partial charge in [-0.3, -0.25) is 49.0 Å². The van der Waals surface area contributed by atoms with Crippen LogP contribution in [0.3, 0.4) is 0 Å². The molecule has 0 spiro atoms. The average Bonchev–Trinajstić information content (AvgIpc) is 3.97. The van der Waals surface area contributed by atoms with Crippen molar-refractivity contribution in [1.29, 1.82) is 10.8 Å². The summed E-state index contributed by atoms with van der Waals surface area (Å²) in [6.07, 6.45) is -1.09. The van der Waals surface area contributed by atoms with Crippen LogP contribution in [0.4, 0.5) is 21.0 Å². The predicted molar refractivity (Wildman–Crippen MR) is 275 cm³/mol. The van der Waals surface area contributed by atoms with E-state index < -0.39 is 34.3 Å². The summed E-state index contributed by atoms with van der Waals surface area (Å²) in [6, 6.07) is 39.3. The van der Waals surface area contributed by atoms with E-state index in [9.17, 15) is 32.4 Å². The summed E-state index contributed by atoms with van der Waals surface area (Å²) in [4.78, 5) is 69.1. The van der Waals surface area contributed by atoms with E-state index in [4.69, 9.17) is 29.2 Å². The van der Waals surface area contributed by atoms with Gasteiger partial charge in [-0.2, -0.15) is 8.42 Å². The fraction of sp³-hybridized carbons (Fsp3) is 0.264. The number of ether oxygens (including phenoxy) is 3. The summed E-state index contributed by atoms with van der Waals surface area (Å²) in [5, 5.41) is 25.8. The average molecular weight is 1010 g/mol. The lowest BCUT2D eigenvalue weighted by atomic mass is 10.1. The van der Waals surface area contributed by atoms with Gasteiger partial charge in [0.25, 0.3) is 21.9 Å². The minimum atomic E-state index is -3.64. The Morgan fingerprint density at radius 3 is 1.51 bits per heavy atom. The number of nitrogens with zero attached hydrogens (tertiary/aromatic N) is 4. The Bertz CT molecular complexity index is 3180. The third kappa shape index (κ3) is 12.9. The van der Waals surface area contributed by atoms with Crippen molar-refractivity contribution in [3.05, 3.63) is 156 Å². The van der Waals surface area contributed by atoms with Gasteiger partial charge in [0, 0.05) is 66.4 Å². The van der Waals surface area contributed by atoms with E-state index in [0.29, 0.717) is 46.7 Å². The smallest absolute Gasteiger partial charge is 0.414 e. The Hall–Kier alpha value is -8.04. The number of amidine groups is 2. The highest BCUT2D eigenvalue weighted by molar-refractivity contribution is 7.86. The van der Waals surface area contributed by atoms with Crippen LogP contribution in [0, 0.1) is 10.8 Å². The molecule has 0 aliphatic carbocycles. The Labute approximate surface area is 421 Å². The molecule has 19 nitrogen and oxygen atoms in total. The number of fused-ring (bicyclic) bond motifs is 2. The molecule has 0 bridgehead atoms. The summed E-state index contributed by atoms with van der Waals surface area (Å²) >= 11 is 0. The van der Waals surface area contributed by atoms with Crippen LogP contribution >= 0.6 is 0 Å². The first-order valence-corrected chi connectivity index (χ1v) is 25.2. The molecule has 0 saturated carbocycles. The second-order valence-electron chi connectivity index (χ2n) is 17.6. The lowest BCUT2D eigenvalue weighted by Gasteiger charge is -2.37. The Balaban J connectivity index is 0.000000199. The molecule has 6 aromatic carbocycles. The number of benzene rings is 6. The molecule has 378 valence electrons. The quantitative estimate of drug-likeness (QED) is 0.0342. The van der Waals surface area contributed by atoms with E-state index in [1.54, 1.807) is 77.7 Å². The van der Waals surface area contributed by atoms with Crippen molar-refractivity contribution >= 4 is 84.7 Å². The van der Waals surface area contributed by atoms with Crippen molar-refractivity contribution in [2.45, 2.75) is 25.2 Å². The van der Waals surface area contributed by atoms with Crippen molar-refractivity contribution in [3.63, 3.8) is 0 Å². The zero-order valence-electron chi connectivity index (χ0n) is 40.3. The van der Waals surface area contributed by atoms with Crippen molar-refractivity contribution in [3.8, 4) is 0 Å². The maximum Gasteiger partial charge on any atom is 0.414 e. The number of rotatable bonds is 13. The largest absolute Gasteiger partial charge is 0.468 e. The highest BCUT2D eigenvalue weighted by atomic mass is 32.2. The number of hydrogen-bond acceptors (Lipinski definition) is 15. The Morgan fingerprint density at radius 1 is 0.630 bits per heavy atom. The fourth-order valence-electron chi connectivity index (χ4n) is 8.58. The normalized spacial score (nSPS) is 17.5. The molecule has 6 aromatic rings. The van der Waals surface area contributed by atoms with Crippen LogP contribution in [0.1, 0.15) is 38.8 Å². The summed E-state index contributed by atoms with van der Waals surface area (Å²) in [7, 11) is -2.23. The highest BCUT2D eigenvalue weighted by Gasteiger charge is 2.36. The molecule has 4 amide bonds. The zero-order valence-corrected chi connectivity index (χ0v) is 41.1. The molecule has 4 N–H and O–H groups in total. The molecular formula is C53H54N8O11S. The van der Waals surface area contributed by atoms with E-state index in [1.807, 2.05) is 67.6 Å². The van der Waals surface area contributed by atoms with Crippen LogP contribution in [0.15, 0.2) is 133 Å². The Morgan fingerprint density at radius 2 is 1.05 bits per heavy atom. The SMILES string of the molecule is COC(=O)C(C)N1CCN(CC2CN(c3ccc(C(=N)NC(=O)c4ccc5ccccc5c4)cc3)C(=O)O2)CC1.CS(=O)(=O)OCC1CN(c2ccc(C(=N)NC(=O)c3ccc4ccccc4c3)cc2)C(=O)O1. The maximum absolute atomic E-state index is 12.7. The summed E-state index contributed by atoms with van der Waals surface area (Å²) in [5.74, 6) is -1.09. The molecule has 3 saturated heterocycles. The van der Waals surface area contributed by atoms with Gasteiger partial charge in [-0.25, -0.2) is 9.59 Å². The number of amides is 4. The molecule has 20 heteroatoms. The van der Waals surface area contributed by atoms with Gasteiger partial charge in [0.2, 0.25) is 0 Å². The van der Waals surface area contributed by atoms with Gasteiger partial charge in [-0.1, -0.05) is 60.7 Å². The molecule has 3 fully saturated rings. The first-order valence-electron chi connectivity index (χ1n) is 23.3. The van der Waals surface area contributed by atoms with Crippen LogP contribution in [-0.4, -0.2) is 144 Å². The van der Waals surface area contributed by atoms with Crippen molar-refractivity contribution < 1.29 is 50.8 Å². The summed E-state index contributed by atoms with van der Waals surface area (Å²) < 4.78 is 42.5. The molecule has 9 rings (SSSR count). The summed E-state index contributed by atoms with van der Waals surface area (Å²) in [6.45, 7) is 5.79. The van der Waals surface area contributed by atoms with E-state index in [1.165, 1.54) is 12.0 Å². The van der Waals surface area contributed by atoms with Gasteiger partial charge in [-0.05, 0) is 101 Å². The summed E-state index contributed by atoms with van der Waals surface area (Å²) in [5.41, 5.74) is 3.09. The van der Waals surface area contributed by atoms with Gasteiger partial charge in [0.15, 0.2) is 0 Å². The van der Waals surface area contributed by atoms with E-state index >= 15 is 0 Å². The van der Waals surface area contributed by atoms with Crippen LogP contribution in [0.25, 0.3) is 21.5 Å². The molecule has 3 aliphatic heterocycles.